The third-order valence-electron chi connectivity index (χ3n) is 4.88. The molecule has 0 saturated heterocycles. The van der Waals surface area contributed by atoms with Gasteiger partial charge in [-0.3, -0.25) is 4.79 Å². The standard InChI is InChI=1S/C19H18ClF3N2O3S/c20-15-7-5-13(6-8-15)18(9-2-10-18)25-17(26)12-24-29(27,28)16-4-1-3-14(11-16)19(21,22)23/h1,3-8,11,24H,2,9-10,12H2,(H,25,26). The number of hydrogen-bond donors (Lipinski definition) is 2. The summed E-state index contributed by atoms with van der Waals surface area (Å²) < 4.78 is 65.1. The summed E-state index contributed by atoms with van der Waals surface area (Å²) >= 11 is 5.89. The van der Waals surface area contributed by atoms with Gasteiger partial charge in [-0.1, -0.05) is 29.8 Å². The molecule has 3 rings (SSSR count). The average molecular weight is 447 g/mol. The number of rotatable bonds is 6. The third-order valence-corrected chi connectivity index (χ3v) is 6.53. The van der Waals surface area contributed by atoms with Gasteiger partial charge >= 0.3 is 6.18 Å². The third kappa shape index (κ3) is 4.91. The Morgan fingerprint density at radius 3 is 2.31 bits per heavy atom. The van der Waals surface area contributed by atoms with Crippen molar-refractivity contribution < 1.29 is 26.4 Å². The van der Waals surface area contributed by atoms with Gasteiger partial charge in [0.15, 0.2) is 0 Å². The average Bonchev–Trinajstić information content (AvgIpc) is 2.63. The molecule has 5 nitrogen and oxygen atoms in total. The van der Waals surface area contributed by atoms with Crippen LogP contribution >= 0.6 is 11.6 Å². The molecular formula is C19H18ClF3N2O3S. The molecule has 0 heterocycles. The SMILES string of the molecule is O=C(CNS(=O)(=O)c1cccc(C(F)(F)F)c1)NC1(c2ccc(Cl)cc2)CCC1. The molecule has 0 radical (unpaired) electrons. The van der Waals surface area contributed by atoms with Crippen molar-refractivity contribution in [2.45, 2.75) is 35.9 Å². The van der Waals surface area contributed by atoms with E-state index in [1.165, 1.54) is 0 Å². The molecule has 2 N–H and O–H groups in total. The molecule has 10 heteroatoms. The zero-order valence-electron chi connectivity index (χ0n) is 15.1. The number of sulfonamides is 1. The molecule has 1 aliphatic rings. The number of benzene rings is 2. The van der Waals surface area contributed by atoms with E-state index in [4.69, 9.17) is 11.6 Å². The summed E-state index contributed by atoms with van der Waals surface area (Å²) in [7, 11) is -4.28. The number of nitrogens with one attached hydrogen (secondary N) is 2. The lowest BCUT2D eigenvalue weighted by atomic mass is 9.72. The van der Waals surface area contributed by atoms with Crippen LogP contribution in [0.3, 0.4) is 0 Å². The van der Waals surface area contributed by atoms with Crippen LogP contribution in [0.25, 0.3) is 0 Å². The maximum absolute atomic E-state index is 12.8. The van der Waals surface area contributed by atoms with Crippen LogP contribution in [-0.2, 0) is 26.5 Å². The van der Waals surface area contributed by atoms with Crippen LogP contribution in [0.4, 0.5) is 13.2 Å². The molecule has 1 fully saturated rings. The van der Waals surface area contributed by atoms with Gasteiger partial charge in [0.25, 0.3) is 0 Å². The number of carbonyl (C=O) groups is 1. The van der Waals surface area contributed by atoms with E-state index in [-0.39, 0.29) is 0 Å². The molecule has 0 aromatic heterocycles. The van der Waals surface area contributed by atoms with E-state index >= 15 is 0 Å². The minimum Gasteiger partial charge on any atom is -0.345 e. The molecule has 156 valence electrons. The molecule has 2 aromatic carbocycles. The monoisotopic (exact) mass is 446 g/mol. The Morgan fingerprint density at radius 1 is 1.10 bits per heavy atom. The molecule has 0 spiro atoms. The molecule has 1 aliphatic carbocycles. The topological polar surface area (TPSA) is 75.3 Å². The van der Waals surface area contributed by atoms with E-state index in [1.54, 1.807) is 24.3 Å². The molecular weight excluding hydrogens is 429 g/mol. The van der Waals surface area contributed by atoms with Crippen molar-refractivity contribution >= 4 is 27.5 Å². The highest BCUT2D eigenvalue weighted by Crippen LogP contribution is 2.41. The van der Waals surface area contributed by atoms with Gasteiger partial charge in [0.1, 0.15) is 0 Å². The highest BCUT2D eigenvalue weighted by Gasteiger charge is 2.40. The smallest absolute Gasteiger partial charge is 0.345 e. The lowest BCUT2D eigenvalue weighted by molar-refractivity contribution is -0.137. The van der Waals surface area contributed by atoms with Crippen molar-refractivity contribution in [2.75, 3.05) is 6.54 Å². The molecule has 0 atom stereocenters. The summed E-state index contributed by atoms with van der Waals surface area (Å²) in [5, 5.41) is 3.40. The van der Waals surface area contributed by atoms with Crippen LogP contribution in [0.5, 0.6) is 0 Å². The van der Waals surface area contributed by atoms with Crippen LogP contribution in [0, 0.1) is 0 Å². The van der Waals surface area contributed by atoms with Crippen molar-refractivity contribution in [1.82, 2.24) is 10.0 Å². The Hall–Kier alpha value is -2.10. The molecule has 29 heavy (non-hydrogen) atoms. The van der Waals surface area contributed by atoms with E-state index < -0.39 is 44.6 Å². The minimum absolute atomic E-state index is 0.529. The first-order valence-corrected chi connectivity index (χ1v) is 10.6. The van der Waals surface area contributed by atoms with Gasteiger partial charge in [-0.05, 0) is 55.2 Å². The quantitative estimate of drug-likeness (QED) is 0.708. The fourth-order valence-corrected chi connectivity index (χ4v) is 4.33. The van der Waals surface area contributed by atoms with Gasteiger partial charge in [0.2, 0.25) is 15.9 Å². The Bertz CT molecular complexity index is 1000. The maximum Gasteiger partial charge on any atom is 0.416 e. The Labute approximate surface area is 171 Å². The maximum atomic E-state index is 12.8. The Kier molecular flexibility index (Phi) is 5.93. The summed E-state index contributed by atoms with van der Waals surface area (Å²) in [6.07, 6.45) is -2.38. The van der Waals surface area contributed by atoms with E-state index in [9.17, 15) is 26.4 Å². The summed E-state index contributed by atoms with van der Waals surface area (Å²) in [4.78, 5) is 11.8. The zero-order valence-corrected chi connectivity index (χ0v) is 16.7. The highest BCUT2D eigenvalue weighted by molar-refractivity contribution is 7.89. The van der Waals surface area contributed by atoms with Gasteiger partial charge in [-0.15, -0.1) is 0 Å². The number of amides is 1. The summed E-state index contributed by atoms with van der Waals surface area (Å²) in [5.74, 6) is -0.574. The number of halogens is 4. The van der Waals surface area contributed by atoms with Crippen LogP contribution < -0.4 is 10.0 Å². The summed E-state index contributed by atoms with van der Waals surface area (Å²) in [5.41, 5.74) is -0.813. The van der Waals surface area contributed by atoms with Gasteiger partial charge in [0, 0.05) is 5.02 Å². The number of alkyl halides is 3. The number of hydrogen-bond acceptors (Lipinski definition) is 3. The first-order chi connectivity index (χ1) is 13.5. The molecule has 0 aliphatic heterocycles. The predicted molar refractivity (Wildman–Crippen MR) is 102 cm³/mol. The normalized spacial score (nSPS) is 16.1. The van der Waals surface area contributed by atoms with Gasteiger partial charge in [-0.25, -0.2) is 13.1 Å². The van der Waals surface area contributed by atoms with Gasteiger partial charge < -0.3 is 5.32 Å². The summed E-state index contributed by atoms with van der Waals surface area (Å²) in [6.45, 7) is -0.589. The van der Waals surface area contributed by atoms with Crippen molar-refractivity contribution in [1.29, 1.82) is 0 Å². The second-order valence-electron chi connectivity index (χ2n) is 6.84. The minimum atomic E-state index is -4.67. The first kappa shape index (κ1) is 21.6. The lowest BCUT2D eigenvalue weighted by Gasteiger charge is -2.43. The van der Waals surface area contributed by atoms with Crippen LogP contribution in [-0.4, -0.2) is 20.9 Å². The highest BCUT2D eigenvalue weighted by atomic mass is 35.5. The Balaban J connectivity index is 1.68. The molecule has 0 bridgehead atoms. The zero-order chi connectivity index (χ0) is 21.3. The van der Waals surface area contributed by atoms with Crippen molar-refractivity contribution in [2.24, 2.45) is 0 Å². The van der Waals surface area contributed by atoms with Crippen molar-refractivity contribution in [3.8, 4) is 0 Å². The van der Waals surface area contributed by atoms with E-state index in [2.05, 4.69) is 10.0 Å². The fraction of sp³-hybridized carbons (Fsp3) is 0.316. The number of carbonyl (C=O) groups excluding carboxylic acids is 1. The van der Waals surface area contributed by atoms with Crippen molar-refractivity contribution in [3.63, 3.8) is 0 Å². The van der Waals surface area contributed by atoms with E-state index in [0.717, 1.165) is 30.2 Å². The Morgan fingerprint density at radius 2 is 1.76 bits per heavy atom. The molecule has 1 amide bonds. The van der Waals surface area contributed by atoms with Crippen LogP contribution in [0.15, 0.2) is 53.4 Å². The van der Waals surface area contributed by atoms with Crippen LogP contribution in [0.2, 0.25) is 5.02 Å². The molecule has 0 unspecified atom stereocenters. The van der Waals surface area contributed by atoms with Gasteiger partial charge in [-0.2, -0.15) is 13.2 Å². The lowest BCUT2D eigenvalue weighted by Crippen LogP contribution is -2.53. The second kappa shape index (κ2) is 7.97. The van der Waals surface area contributed by atoms with E-state index in [0.29, 0.717) is 23.9 Å². The molecule has 2 aromatic rings. The van der Waals surface area contributed by atoms with Crippen LogP contribution in [0.1, 0.15) is 30.4 Å². The molecule has 1 saturated carbocycles. The van der Waals surface area contributed by atoms with Crippen molar-refractivity contribution in [3.05, 3.63) is 64.7 Å². The summed E-state index contributed by atoms with van der Waals surface area (Å²) in [6, 6.07) is 10.4. The second-order valence-corrected chi connectivity index (χ2v) is 9.04. The first-order valence-electron chi connectivity index (χ1n) is 8.76. The largest absolute Gasteiger partial charge is 0.416 e. The van der Waals surface area contributed by atoms with E-state index in [1.807, 2.05) is 0 Å². The fourth-order valence-electron chi connectivity index (χ4n) is 3.18. The van der Waals surface area contributed by atoms with Gasteiger partial charge in [0.05, 0.1) is 22.5 Å². The predicted octanol–water partition coefficient (Wildman–Crippen LogP) is 3.83.